The van der Waals surface area contributed by atoms with Crippen molar-refractivity contribution in [1.82, 2.24) is 9.80 Å². The van der Waals surface area contributed by atoms with Crippen molar-refractivity contribution in [2.75, 3.05) is 33.7 Å². The van der Waals surface area contributed by atoms with Crippen LogP contribution in [-0.2, 0) is 11.2 Å². The molecule has 1 heterocycles. The zero-order chi connectivity index (χ0) is 14.7. The summed E-state index contributed by atoms with van der Waals surface area (Å²) in [4.78, 5) is 16.4. The van der Waals surface area contributed by atoms with Gasteiger partial charge in [-0.1, -0.05) is 22.0 Å². The highest BCUT2D eigenvalue weighted by Crippen LogP contribution is 2.22. The first-order chi connectivity index (χ1) is 9.45. The molecule has 0 bridgehead atoms. The van der Waals surface area contributed by atoms with Crippen LogP contribution in [0.1, 0.15) is 12.0 Å². The van der Waals surface area contributed by atoms with Gasteiger partial charge in [-0.05, 0) is 44.1 Å². The normalized spacial score (nSPS) is 18.9. The fourth-order valence-corrected chi connectivity index (χ4v) is 3.16. The quantitative estimate of drug-likeness (QED) is 0.839. The second kappa shape index (κ2) is 6.68. The van der Waals surface area contributed by atoms with Gasteiger partial charge >= 0.3 is 0 Å². The molecular weight excluding hydrogens is 323 g/mol. The second-order valence-electron chi connectivity index (χ2n) is 5.67. The summed E-state index contributed by atoms with van der Waals surface area (Å²) in [5.41, 5.74) is 0.840. The largest absolute Gasteiger partial charge is 0.342 e. The van der Waals surface area contributed by atoms with E-state index in [1.807, 2.05) is 4.90 Å². The monoisotopic (exact) mass is 342 g/mol. The highest BCUT2D eigenvalue weighted by Gasteiger charge is 2.26. The molecule has 1 amide bonds. The first kappa shape index (κ1) is 15.4. The van der Waals surface area contributed by atoms with Crippen LogP contribution < -0.4 is 0 Å². The van der Waals surface area contributed by atoms with Crippen molar-refractivity contribution in [3.8, 4) is 0 Å². The Morgan fingerprint density at radius 2 is 2.25 bits per heavy atom. The van der Waals surface area contributed by atoms with Crippen LogP contribution in [0.3, 0.4) is 0 Å². The summed E-state index contributed by atoms with van der Waals surface area (Å²) in [7, 11) is 4.11. The van der Waals surface area contributed by atoms with Gasteiger partial charge in [0.1, 0.15) is 5.82 Å². The molecule has 2 rings (SSSR count). The van der Waals surface area contributed by atoms with Gasteiger partial charge < -0.3 is 9.80 Å². The molecule has 3 nitrogen and oxygen atoms in total. The minimum absolute atomic E-state index is 0.124. The van der Waals surface area contributed by atoms with Crippen LogP contribution in [0.4, 0.5) is 4.39 Å². The van der Waals surface area contributed by atoms with Crippen LogP contribution in [0.25, 0.3) is 0 Å². The standard InChI is InChI=1S/C15H20BrFN2O/c1-18(2)9-11-5-6-19(10-11)15(20)7-12-3-4-13(17)8-14(12)16/h3-4,8,11H,5-7,9-10H2,1-2H3. The summed E-state index contributed by atoms with van der Waals surface area (Å²) in [6.07, 6.45) is 1.39. The Hall–Kier alpha value is -0.940. The predicted octanol–water partition coefficient (Wildman–Crippen LogP) is 2.54. The molecule has 1 aromatic rings. The summed E-state index contributed by atoms with van der Waals surface area (Å²) >= 11 is 3.31. The summed E-state index contributed by atoms with van der Waals surface area (Å²) in [6, 6.07) is 4.47. The Kier molecular flexibility index (Phi) is 5.16. The number of carbonyl (C=O) groups excluding carboxylic acids is 1. The van der Waals surface area contributed by atoms with Crippen molar-refractivity contribution < 1.29 is 9.18 Å². The summed E-state index contributed by atoms with van der Waals surface area (Å²) in [5.74, 6) is 0.393. The Morgan fingerprint density at radius 3 is 2.90 bits per heavy atom. The van der Waals surface area contributed by atoms with Crippen LogP contribution >= 0.6 is 15.9 Å². The average molecular weight is 343 g/mol. The van der Waals surface area contributed by atoms with Gasteiger partial charge in [-0.15, -0.1) is 0 Å². The van der Waals surface area contributed by atoms with Gasteiger partial charge in [-0.3, -0.25) is 4.79 Å². The lowest BCUT2D eigenvalue weighted by atomic mass is 10.1. The number of benzene rings is 1. The number of rotatable bonds is 4. The Morgan fingerprint density at radius 1 is 1.50 bits per heavy atom. The molecule has 0 saturated carbocycles. The number of nitrogens with zero attached hydrogens (tertiary/aromatic N) is 2. The molecule has 20 heavy (non-hydrogen) atoms. The summed E-state index contributed by atoms with van der Waals surface area (Å²) in [6.45, 7) is 2.68. The van der Waals surface area contributed by atoms with Crippen molar-refractivity contribution in [3.63, 3.8) is 0 Å². The van der Waals surface area contributed by atoms with Gasteiger partial charge in [0.15, 0.2) is 0 Å². The maximum Gasteiger partial charge on any atom is 0.227 e. The molecule has 1 fully saturated rings. The minimum Gasteiger partial charge on any atom is -0.342 e. The average Bonchev–Trinajstić information content (AvgIpc) is 2.80. The van der Waals surface area contributed by atoms with Gasteiger partial charge in [0, 0.05) is 24.1 Å². The molecule has 1 aliphatic heterocycles. The van der Waals surface area contributed by atoms with Gasteiger partial charge in [0.05, 0.1) is 6.42 Å². The number of carbonyl (C=O) groups is 1. The van der Waals surface area contributed by atoms with Crippen LogP contribution in [-0.4, -0.2) is 49.4 Å². The molecule has 1 unspecified atom stereocenters. The summed E-state index contributed by atoms with van der Waals surface area (Å²) in [5, 5.41) is 0. The van der Waals surface area contributed by atoms with E-state index >= 15 is 0 Å². The third-order valence-corrected chi connectivity index (χ3v) is 4.36. The second-order valence-corrected chi connectivity index (χ2v) is 6.52. The molecule has 0 spiro atoms. The van der Waals surface area contributed by atoms with Crippen molar-refractivity contribution in [2.24, 2.45) is 5.92 Å². The SMILES string of the molecule is CN(C)CC1CCN(C(=O)Cc2ccc(F)cc2Br)C1. The third-order valence-electron chi connectivity index (χ3n) is 3.62. The van der Waals surface area contributed by atoms with Crippen molar-refractivity contribution in [2.45, 2.75) is 12.8 Å². The van der Waals surface area contributed by atoms with E-state index in [0.717, 1.165) is 31.6 Å². The number of likely N-dealkylation sites (tertiary alicyclic amines) is 1. The lowest BCUT2D eigenvalue weighted by molar-refractivity contribution is -0.129. The lowest BCUT2D eigenvalue weighted by Crippen LogP contribution is -2.31. The Labute approximate surface area is 127 Å². The molecule has 1 aliphatic rings. The van der Waals surface area contributed by atoms with E-state index < -0.39 is 0 Å². The van der Waals surface area contributed by atoms with E-state index in [4.69, 9.17) is 0 Å². The van der Waals surface area contributed by atoms with E-state index in [1.165, 1.54) is 12.1 Å². The van der Waals surface area contributed by atoms with Crippen molar-refractivity contribution in [3.05, 3.63) is 34.1 Å². The van der Waals surface area contributed by atoms with Crippen molar-refractivity contribution >= 4 is 21.8 Å². The Bertz CT molecular complexity index is 493. The predicted molar refractivity (Wildman–Crippen MR) is 81.0 cm³/mol. The van der Waals surface area contributed by atoms with Crippen LogP contribution in [0.2, 0.25) is 0 Å². The third kappa shape index (κ3) is 4.03. The van der Waals surface area contributed by atoms with Gasteiger partial charge in [0.25, 0.3) is 0 Å². The smallest absolute Gasteiger partial charge is 0.227 e. The van der Waals surface area contributed by atoms with Gasteiger partial charge in [-0.2, -0.15) is 0 Å². The highest BCUT2D eigenvalue weighted by molar-refractivity contribution is 9.10. The molecule has 0 aromatic heterocycles. The first-order valence-corrected chi connectivity index (χ1v) is 7.61. The van der Waals surface area contributed by atoms with E-state index in [1.54, 1.807) is 6.07 Å². The van der Waals surface area contributed by atoms with Crippen LogP contribution in [0, 0.1) is 11.7 Å². The molecule has 1 atom stereocenters. The molecular formula is C15H20BrFN2O. The maximum atomic E-state index is 13.0. The summed E-state index contributed by atoms with van der Waals surface area (Å²) < 4.78 is 13.7. The number of halogens is 2. The van der Waals surface area contributed by atoms with E-state index in [-0.39, 0.29) is 11.7 Å². The molecule has 0 N–H and O–H groups in total. The molecule has 1 aromatic carbocycles. The number of amides is 1. The molecule has 0 radical (unpaired) electrons. The highest BCUT2D eigenvalue weighted by atomic mass is 79.9. The molecule has 0 aliphatic carbocycles. The molecule has 1 saturated heterocycles. The van der Waals surface area contributed by atoms with E-state index in [2.05, 4.69) is 34.9 Å². The first-order valence-electron chi connectivity index (χ1n) is 6.82. The van der Waals surface area contributed by atoms with Gasteiger partial charge in [0.2, 0.25) is 5.91 Å². The van der Waals surface area contributed by atoms with E-state index in [0.29, 0.717) is 16.8 Å². The van der Waals surface area contributed by atoms with Crippen LogP contribution in [0.15, 0.2) is 22.7 Å². The van der Waals surface area contributed by atoms with Crippen LogP contribution in [0.5, 0.6) is 0 Å². The molecule has 5 heteroatoms. The Balaban J connectivity index is 1.92. The minimum atomic E-state index is -0.291. The number of hydrogen-bond donors (Lipinski definition) is 0. The fraction of sp³-hybridized carbons (Fsp3) is 0.533. The van der Waals surface area contributed by atoms with Crippen molar-refractivity contribution in [1.29, 1.82) is 0 Å². The fourth-order valence-electron chi connectivity index (χ4n) is 2.66. The number of hydrogen-bond acceptors (Lipinski definition) is 2. The molecule has 110 valence electrons. The maximum absolute atomic E-state index is 13.0. The zero-order valence-electron chi connectivity index (χ0n) is 11.9. The van der Waals surface area contributed by atoms with Gasteiger partial charge in [-0.25, -0.2) is 4.39 Å². The van der Waals surface area contributed by atoms with E-state index in [9.17, 15) is 9.18 Å². The lowest BCUT2D eigenvalue weighted by Gasteiger charge is -2.19. The topological polar surface area (TPSA) is 23.6 Å². The zero-order valence-corrected chi connectivity index (χ0v) is 13.5.